The van der Waals surface area contributed by atoms with Crippen LogP contribution in [0, 0.1) is 0 Å². The maximum atomic E-state index is 12.9. The lowest BCUT2D eigenvalue weighted by Gasteiger charge is -2.55. The highest BCUT2D eigenvalue weighted by Gasteiger charge is 2.62. The summed E-state index contributed by atoms with van der Waals surface area (Å²) in [4.78, 5) is 26.1. The van der Waals surface area contributed by atoms with Gasteiger partial charge in [-0.3, -0.25) is 9.69 Å². The molecule has 0 spiro atoms. The minimum absolute atomic E-state index is 0.245. The number of β-lactam (4-membered cyclic amide) rings is 1. The maximum absolute atomic E-state index is 12.9. The number of hydrogen-bond acceptors (Lipinski definition) is 10. The number of carbonyl (C=O) groups excluding carboxylic acids is 2. The van der Waals surface area contributed by atoms with Crippen molar-refractivity contribution >= 4 is 58.7 Å². The van der Waals surface area contributed by atoms with Crippen LogP contribution >= 0.6 is 46.8 Å². The van der Waals surface area contributed by atoms with Gasteiger partial charge in [-0.25, -0.2) is 4.79 Å². The van der Waals surface area contributed by atoms with Gasteiger partial charge in [-0.15, -0.1) is 40.4 Å². The number of hydrogen-bond donors (Lipinski definition) is 1. The third-order valence-electron chi connectivity index (χ3n) is 3.81. The molecule has 2 aliphatic rings. The molecule has 7 nitrogen and oxygen atoms in total. The predicted molar refractivity (Wildman–Crippen MR) is 107 cm³/mol. The van der Waals surface area contributed by atoms with E-state index in [-0.39, 0.29) is 11.3 Å². The zero-order valence-corrected chi connectivity index (χ0v) is 18.1. The van der Waals surface area contributed by atoms with Crippen molar-refractivity contribution in [2.24, 2.45) is 5.73 Å². The Hall–Kier alpha value is -0.750. The van der Waals surface area contributed by atoms with E-state index in [0.29, 0.717) is 17.2 Å². The highest BCUT2D eigenvalue weighted by atomic mass is 32.2. The molecule has 3 heterocycles. The Kier molecular flexibility index (Phi) is 5.65. The molecule has 2 N–H and O–H groups in total. The largest absolute Gasteiger partial charge is 0.455 e. The van der Waals surface area contributed by atoms with Crippen LogP contribution in [0.25, 0.3) is 0 Å². The van der Waals surface area contributed by atoms with Gasteiger partial charge >= 0.3 is 5.97 Å². The molecule has 26 heavy (non-hydrogen) atoms. The molecule has 2 aliphatic heterocycles. The first-order valence-corrected chi connectivity index (χ1v) is 11.9. The molecule has 1 saturated heterocycles. The van der Waals surface area contributed by atoms with Crippen molar-refractivity contribution in [3.05, 3.63) is 17.5 Å². The molecular formula is C15H20N4O3S4. The molecule has 2 atom stereocenters. The molecular weight excluding hydrogens is 412 g/mol. The molecule has 1 fully saturated rings. The Balaban J connectivity index is 1.90. The SMILES string of the molecule is CS[C@@]1(N)C(=O)N2C(C(=O)OC(C)(C)C)=C(CSc3cnns3)CS[C@H]21. The fraction of sp³-hybridized carbons (Fsp3) is 0.600. The molecule has 142 valence electrons. The van der Waals surface area contributed by atoms with Crippen LogP contribution < -0.4 is 5.73 Å². The molecule has 0 radical (unpaired) electrons. The number of fused-ring (bicyclic) bond motifs is 1. The molecule has 0 aromatic carbocycles. The fourth-order valence-corrected chi connectivity index (χ4v) is 6.54. The van der Waals surface area contributed by atoms with E-state index < -0.39 is 16.4 Å². The van der Waals surface area contributed by atoms with E-state index in [1.165, 1.54) is 28.2 Å². The van der Waals surface area contributed by atoms with Crippen molar-refractivity contribution in [1.29, 1.82) is 0 Å². The van der Waals surface area contributed by atoms with Gasteiger partial charge in [-0.2, -0.15) is 0 Å². The number of carbonyl (C=O) groups is 2. The average Bonchev–Trinajstić information content (AvgIpc) is 3.09. The molecule has 1 amide bonds. The Morgan fingerprint density at radius 3 is 2.85 bits per heavy atom. The Morgan fingerprint density at radius 2 is 2.27 bits per heavy atom. The summed E-state index contributed by atoms with van der Waals surface area (Å²) in [5, 5.41) is 3.56. The summed E-state index contributed by atoms with van der Waals surface area (Å²) in [6.45, 7) is 5.43. The summed E-state index contributed by atoms with van der Waals surface area (Å²) in [6.07, 6.45) is 3.50. The smallest absolute Gasteiger partial charge is 0.355 e. The van der Waals surface area contributed by atoms with E-state index in [4.69, 9.17) is 10.5 Å². The standard InChI is InChI=1S/C15H20N4O3S4/c1-14(2,3)22-11(20)10-8(6-24-9-5-17-18-26-9)7-25-13-15(16,23-4)12(21)19(10)13/h5,13H,6-7,16H2,1-4H3/t13-,15-/m0/s1. The van der Waals surface area contributed by atoms with Crippen LogP contribution in [0.1, 0.15) is 20.8 Å². The zero-order chi connectivity index (χ0) is 19.1. The van der Waals surface area contributed by atoms with Crippen LogP contribution in [-0.2, 0) is 14.3 Å². The van der Waals surface area contributed by atoms with Crippen LogP contribution in [-0.4, -0.2) is 60.0 Å². The summed E-state index contributed by atoms with van der Waals surface area (Å²) in [7, 11) is 0. The topological polar surface area (TPSA) is 98.4 Å². The first-order chi connectivity index (χ1) is 12.2. The van der Waals surface area contributed by atoms with Crippen LogP contribution in [0.4, 0.5) is 0 Å². The maximum Gasteiger partial charge on any atom is 0.355 e. The normalized spacial score (nSPS) is 25.8. The second-order valence-electron chi connectivity index (χ2n) is 6.82. The Morgan fingerprint density at radius 1 is 1.54 bits per heavy atom. The second-order valence-corrected chi connectivity index (χ2v) is 11.0. The molecule has 3 rings (SSSR count). The van der Waals surface area contributed by atoms with Gasteiger partial charge in [0.15, 0.2) is 4.87 Å². The number of amides is 1. The van der Waals surface area contributed by atoms with E-state index >= 15 is 0 Å². The monoisotopic (exact) mass is 432 g/mol. The molecule has 0 aliphatic carbocycles. The summed E-state index contributed by atoms with van der Waals surface area (Å²) >= 11 is 5.75. The number of nitrogens with zero attached hydrogens (tertiary/aromatic N) is 3. The Bertz CT molecular complexity index is 747. The molecule has 1 aromatic heterocycles. The summed E-state index contributed by atoms with van der Waals surface area (Å²) in [5.41, 5.74) is 6.81. The summed E-state index contributed by atoms with van der Waals surface area (Å²) in [6, 6.07) is 0. The van der Waals surface area contributed by atoms with Crippen molar-refractivity contribution in [1.82, 2.24) is 14.5 Å². The van der Waals surface area contributed by atoms with Gasteiger partial charge < -0.3 is 10.5 Å². The summed E-state index contributed by atoms with van der Waals surface area (Å²) in [5.74, 6) is 0.475. The third kappa shape index (κ3) is 3.64. The lowest BCUT2D eigenvalue weighted by Crippen LogP contribution is -2.76. The molecule has 0 saturated carbocycles. The van der Waals surface area contributed by atoms with Crippen LogP contribution in [0.15, 0.2) is 21.7 Å². The number of thioether (sulfide) groups is 3. The highest BCUT2D eigenvalue weighted by Crippen LogP contribution is 2.49. The molecule has 1 aromatic rings. The lowest BCUT2D eigenvalue weighted by atomic mass is 10.0. The first kappa shape index (κ1) is 20.0. The van der Waals surface area contributed by atoms with Crippen LogP contribution in [0.3, 0.4) is 0 Å². The van der Waals surface area contributed by atoms with Crippen LogP contribution in [0.2, 0.25) is 0 Å². The van der Waals surface area contributed by atoms with Crippen molar-refractivity contribution in [3.63, 3.8) is 0 Å². The fourth-order valence-electron chi connectivity index (χ4n) is 2.61. The predicted octanol–water partition coefficient (Wildman–Crippen LogP) is 2.16. The minimum Gasteiger partial charge on any atom is -0.455 e. The molecule has 0 unspecified atom stereocenters. The van der Waals surface area contributed by atoms with Gasteiger partial charge in [0.05, 0.1) is 6.20 Å². The van der Waals surface area contributed by atoms with Crippen molar-refractivity contribution in [2.45, 2.75) is 40.8 Å². The highest BCUT2D eigenvalue weighted by molar-refractivity contribution is 8.05. The van der Waals surface area contributed by atoms with Crippen molar-refractivity contribution in [2.75, 3.05) is 17.8 Å². The first-order valence-electron chi connectivity index (χ1n) is 7.82. The van der Waals surface area contributed by atoms with E-state index in [1.54, 1.807) is 29.7 Å². The van der Waals surface area contributed by atoms with Crippen molar-refractivity contribution < 1.29 is 14.3 Å². The third-order valence-corrected chi connectivity index (χ3v) is 8.36. The second kappa shape index (κ2) is 7.34. The number of esters is 1. The number of nitrogens with two attached hydrogens (primary N) is 1. The minimum atomic E-state index is -0.988. The number of ether oxygens (including phenoxy) is 1. The number of aromatic nitrogens is 2. The van der Waals surface area contributed by atoms with Gasteiger partial charge in [0, 0.05) is 11.5 Å². The van der Waals surface area contributed by atoms with Gasteiger partial charge in [0.25, 0.3) is 5.91 Å². The average molecular weight is 433 g/mol. The summed E-state index contributed by atoms with van der Waals surface area (Å²) < 4.78 is 10.4. The van der Waals surface area contributed by atoms with E-state index in [9.17, 15) is 9.59 Å². The lowest BCUT2D eigenvalue weighted by molar-refractivity contribution is -0.158. The molecule has 11 heteroatoms. The van der Waals surface area contributed by atoms with Gasteiger partial charge in [-0.05, 0) is 44.1 Å². The molecule has 0 bridgehead atoms. The zero-order valence-electron chi connectivity index (χ0n) is 14.8. The van der Waals surface area contributed by atoms with E-state index in [1.807, 2.05) is 27.0 Å². The quantitative estimate of drug-likeness (QED) is 0.325. The Labute approximate surface area is 169 Å². The van der Waals surface area contributed by atoms with Gasteiger partial charge in [-0.1, -0.05) is 4.49 Å². The van der Waals surface area contributed by atoms with Gasteiger partial charge in [0.1, 0.15) is 20.9 Å². The van der Waals surface area contributed by atoms with Crippen LogP contribution in [0.5, 0.6) is 0 Å². The van der Waals surface area contributed by atoms with Gasteiger partial charge in [0.2, 0.25) is 0 Å². The van der Waals surface area contributed by atoms with Crippen molar-refractivity contribution in [3.8, 4) is 0 Å². The van der Waals surface area contributed by atoms with E-state index in [2.05, 4.69) is 9.59 Å². The van der Waals surface area contributed by atoms with E-state index in [0.717, 1.165) is 9.78 Å². The number of rotatable bonds is 5.